The lowest BCUT2D eigenvalue weighted by molar-refractivity contribution is 0.0481. The molecular formula is C22H32IN5O. The van der Waals surface area contributed by atoms with Crippen LogP contribution in [0.15, 0.2) is 48.0 Å². The van der Waals surface area contributed by atoms with E-state index in [0.717, 1.165) is 50.4 Å². The summed E-state index contributed by atoms with van der Waals surface area (Å²) in [5, 5.41) is 14.7. The van der Waals surface area contributed by atoms with Crippen LogP contribution in [0.5, 0.6) is 0 Å². The standard InChI is InChI=1S/C22H31N5O.HI/c1-3-24-21(25-15-22(28)10-8-18-6-4-5-7-19(18)22)26-12-9-17(2)20(14-26)27-13-11-23-16-27;/h4-7,11,13,16-17,20,28H,3,8-10,12,14-15H2,1-2H3,(H,24,25);1H. The Balaban J connectivity index is 0.00000240. The Kier molecular flexibility index (Phi) is 7.21. The smallest absolute Gasteiger partial charge is 0.194 e. The quantitative estimate of drug-likeness (QED) is 0.378. The van der Waals surface area contributed by atoms with E-state index in [9.17, 15) is 5.11 Å². The highest BCUT2D eigenvalue weighted by molar-refractivity contribution is 14.0. The van der Waals surface area contributed by atoms with Crippen LogP contribution in [0.3, 0.4) is 0 Å². The van der Waals surface area contributed by atoms with Crippen molar-refractivity contribution >= 4 is 29.9 Å². The summed E-state index contributed by atoms with van der Waals surface area (Å²) in [4.78, 5) is 11.4. The second-order valence-corrected chi connectivity index (χ2v) is 8.15. The van der Waals surface area contributed by atoms with Crippen LogP contribution in [-0.4, -0.2) is 51.7 Å². The molecular weight excluding hydrogens is 477 g/mol. The minimum Gasteiger partial charge on any atom is -0.383 e. The SMILES string of the molecule is CCNC(=NCC1(O)CCc2ccccc21)N1CCC(C)C(n2ccnc2)C1.I. The molecule has 29 heavy (non-hydrogen) atoms. The average molecular weight is 509 g/mol. The highest BCUT2D eigenvalue weighted by atomic mass is 127. The fourth-order valence-electron chi connectivity index (χ4n) is 4.56. The number of aliphatic imine (C=N–C) groups is 1. The molecule has 1 aromatic heterocycles. The first-order valence-corrected chi connectivity index (χ1v) is 10.4. The third kappa shape index (κ3) is 4.60. The number of hydrogen-bond acceptors (Lipinski definition) is 3. The molecule has 7 heteroatoms. The van der Waals surface area contributed by atoms with Gasteiger partial charge in [-0.25, -0.2) is 9.98 Å². The van der Waals surface area contributed by atoms with Crippen LogP contribution in [-0.2, 0) is 12.0 Å². The molecule has 0 radical (unpaired) electrons. The van der Waals surface area contributed by atoms with Gasteiger partial charge in [-0.2, -0.15) is 0 Å². The van der Waals surface area contributed by atoms with E-state index in [1.807, 2.05) is 36.9 Å². The van der Waals surface area contributed by atoms with E-state index in [0.29, 0.717) is 18.5 Å². The van der Waals surface area contributed by atoms with E-state index >= 15 is 0 Å². The van der Waals surface area contributed by atoms with E-state index in [1.54, 1.807) is 0 Å². The van der Waals surface area contributed by atoms with Crippen LogP contribution in [0, 0.1) is 5.92 Å². The highest BCUT2D eigenvalue weighted by Crippen LogP contribution is 2.37. The van der Waals surface area contributed by atoms with Crippen molar-refractivity contribution in [1.82, 2.24) is 19.8 Å². The summed E-state index contributed by atoms with van der Waals surface area (Å²) in [7, 11) is 0. The van der Waals surface area contributed by atoms with E-state index < -0.39 is 5.60 Å². The summed E-state index contributed by atoms with van der Waals surface area (Å²) in [6.07, 6.45) is 8.57. The topological polar surface area (TPSA) is 65.7 Å². The first-order chi connectivity index (χ1) is 13.6. The third-order valence-electron chi connectivity index (χ3n) is 6.28. The summed E-state index contributed by atoms with van der Waals surface area (Å²) in [5.41, 5.74) is 1.43. The molecule has 1 fully saturated rings. The Hall–Kier alpha value is -1.61. The molecule has 0 bridgehead atoms. The zero-order chi connectivity index (χ0) is 19.6. The second-order valence-electron chi connectivity index (χ2n) is 8.15. The number of guanidine groups is 1. The van der Waals surface area contributed by atoms with Gasteiger partial charge in [0.15, 0.2) is 5.96 Å². The number of nitrogens with one attached hydrogen (secondary N) is 1. The number of likely N-dealkylation sites (tertiary alicyclic amines) is 1. The molecule has 3 unspecified atom stereocenters. The predicted octanol–water partition coefficient (Wildman–Crippen LogP) is 3.18. The lowest BCUT2D eigenvalue weighted by Gasteiger charge is -2.39. The van der Waals surface area contributed by atoms with Crippen molar-refractivity contribution in [3.8, 4) is 0 Å². The zero-order valence-corrected chi connectivity index (χ0v) is 19.6. The molecule has 2 aliphatic rings. The Morgan fingerprint density at radius 1 is 1.38 bits per heavy atom. The van der Waals surface area contributed by atoms with Gasteiger partial charge in [-0.1, -0.05) is 31.2 Å². The van der Waals surface area contributed by atoms with Crippen LogP contribution < -0.4 is 5.32 Å². The van der Waals surface area contributed by atoms with Gasteiger partial charge in [0.05, 0.1) is 18.9 Å². The summed E-state index contributed by atoms with van der Waals surface area (Å²) in [5.74, 6) is 1.50. The normalized spacial score (nSPS) is 26.7. The van der Waals surface area contributed by atoms with Crippen LogP contribution in [0.2, 0.25) is 0 Å². The molecule has 1 aliphatic heterocycles. The number of hydrogen-bond donors (Lipinski definition) is 2. The number of benzene rings is 1. The van der Waals surface area contributed by atoms with Crippen molar-refractivity contribution in [2.75, 3.05) is 26.2 Å². The molecule has 1 aliphatic carbocycles. The number of aryl methyl sites for hydroxylation is 1. The number of nitrogens with zero attached hydrogens (tertiary/aromatic N) is 4. The van der Waals surface area contributed by atoms with Gasteiger partial charge in [0, 0.05) is 32.0 Å². The molecule has 2 aromatic rings. The number of fused-ring (bicyclic) bond motifs is 1. The minimum absolute atomic E-state index is 0. The molecule has 1 aromatic carbocycles. The highest BCUT2D eigenvalue weighted by Gasteiger charge is 2.37. The third-order valence-corrected chi connectivity index (χ3v) is 6.28. The molecule has 158 valence electrons. The fraction of sp³-hybridized carbons (Fsp3) is 0.545. The lowest BCUT2D eigenvalue weighted by Crippen LogP contribution is -2.49. The van der Waals surface area contributed by atoms with Crippen LogP contribution >= 0.6 is 24.0 Å². The van der Waals surface area contributed by atoms with E-state index in [-0.39, 0.29) is 24.0 Å². The molecule has 2 heterocycles. The molecule has 0 spiro atoms. The second kappa shape index (κ2) is 9.47. The van der Waals surface area contributed by atoms with E-state index in [1.165, 1.54) is 5.56 Å². The fourth-order valence-corrected chi connectivity index (χ4v) is 4.56. The van der Waals surface area contributed by atoms with Crippen molar-refractivity contribution in [1.29, 1.82) is 0 Å². The zero-order valence-electron chi connectivity index (χ0n) is 17.3. The average Bonchev–Trinajstić information content (AvgIpc) is 3.35. The molecule has 1 saturated heterocycles. The number of imidazole rings is 1. The van der Waals surface area contributed by atoms with Crippen LogP contribution in [0.4, 0.5) is 0 Å². The number of aliphatic hydroxyl groups is 1. The molecule has 3 atom stereocenters. The van der Waals surface area contributed by atoms with Crippen molar-refractivity contribution in [3.63, 3.8) is 0 Å². The maximum absolute atomic E-state index is 11.2. The summed E-state index contributed by atoms with van der Waals surface area (Å²) in [6, 6.07) is 8.59. The number of halogens is 1. The van der Waals surface area contributed by atoms with E-state index in [2.05, 4.69) is 39.7 Å². The van der Waals surface area contributed by atoms with Gasteiger partial charge in [-0.3, -0.25) is 0 Å². The lowest BCUT2D eigenvalue weighted by atomic mass is 9.93. The van der Waals surface area contributed by atoms with Crippen molar-refractivity contribution in [3.05, 3.63) is 54.1 Å². The van der Waals surface area contributed by atoms with Crippen molar-refractivity contribution < 1.29 is 5.11 Å². The van der Waals surface area contributed by atoms with Gasteiger partial charge in [-0.05, 0) is 43.2 Å². The Bertz CT molecular complexity index is 824. The summed E-state index contributed by atoms with van der Waals surface area (Å²) in [6.45, 7) is 7.49. The molecule has 4 rings (SSSR count). The summed E-state index contributed by atoms with van der Waals surface area (Å²) < 4.78 is 2.21. The largest absolute Gasteiger partial charge is 0.383 e. The minimum atomic E-state index is -0.857. The van der Waals surface area contributed by atoms with Gasteiger partial charge in [0.1, 0.15) is 5.60 Å². The van der Waals surface area contributed by atoms with Gasteiger partial charge in [-0.15, -0.1) is 24.0 Å². The van der Waals surface area contributed by atoms with E-state index in [4.69, 9.17) is 4.99 Å². The first kappa shape index (κ1) is 22.1. The Morgan fingerprint density at radius 2 is 2.21 bits per heavy atom. The van der Waals surface area contributed by atoms with Crippen LogP contribution in [0.1, 0.15) is 43.9 Å². The molecule has 2 N–H and O–H groups in total. The van der Waals surface area contributed by atoms with Gasteiger partial charge in [0.25, 0.3) is 0 Å². The molecule has 0 saturated carbocycles. The maximum atomic E-state index is 11.2. The molecule has 6 nitrogen and oxygen atoms in total. The maximum Gasteiger partial charge on any atom is 0.194 e. The number of piperidine rings is 1. The van der Waals surface area contributed by atoms with Crippen LogP contribution in [0.25, 0.3) is 0 Å². The first-order valence-electron chi connectivity index (χ1n) is 10.4. The van der Waals surface area contributed by atoms with Crippen molar-refractivity contribution in [2.45, 2.75) is 44.8 Å². The van der Waals surface area contributed by atoms with Gasteiger partial charge < -0.3 is 19.9 Å². The van der Waals surface area contributed by atoms with Gasteiger partial charge >= 0.3 is 0 Å². The Labute approximate surface area is 190 Å². The monoisotopic (exact) mass is 509 g/mol. The number of aromatic nitrogens is 2. The van der Waals surface area contributed by atoms with Crippen molar-refractivity contribution in [2.24, 2.45) is 10.9 Å². The van der Waals surface area contributed by atoms with Gasteiger partial charge in [0.2, 0.25) is 0 Å². The summed E-state index contributed by atoms with van der Waals surface area (Å²) >= 11 is 0. The Morgan fingerprint density at radius 3 is 2.97 bits per heavy atom. The number of rotatable bonds is 4. The molecule has 0 amide bonds. The predicted molar refractivity (Wildman–Crippen MR) is 127 cm³/mol.